The summed E-state index contributed by atoms with van der Waals surface area (Å²) in [5.74, 6) is 0.525. The number of nitriles is 1. The van der Waals surface area contributed by atoms with E-state index in [1.807, 2.05) is 12.1 Å². The normalized spacial score (nSPS) is 29.6. The van der Waals surface area contributed by atoms with Gasteiger partial charge >= 0.3 is 0 Å². The van der Waals surface area contributed by atoms with Crippen molar-refractivity contribution in [1.82, 2.24) is 0 Å². The molecule has 2 atom stereocenters. The van der Waals surface area contributed by atoms with Gasteiger partial charge in [0.25, 0.3) is 0 Å². The summed E-state index contributed by atoms with van der Waals surface area (Å²) in [6.45, 7) is 2.13. The van der Waals surface area contributed by atoms with Crippen molar-refractivity contribution in [2.45, 2.75) is 23.0 Å². The van der Waals surface area contributed by atoms with Crippen LogP contribution in [0.1, 0.15) is 13.3 Å². The molecule has 0 aliphatic heterocycles. The van der Waals surface area contributed by atoms with Crippen molar-refractivity contribution in [3.63, 3.8) is 0 Å². The first-order chi connectivity index (χ1) is 6.66. The van der Waals surface area contributed by atoms with Crippen LogP contribution in [0.4, 0.5) is 0 Å². The predicted octanol–water partition coefficient (Wildman–Crippen LogP) is 3.84. The van der Waals surface area contributed by atoms with Crippen LogP contribution in [0.25, 0.3) is 0 Å². The molecular formula is C11H10BrNS. The molecule has 0 bridgehead atoms. The lowest BCUT2D eigenvalue weighted by molar-refractivity contribution is 0.936. The van der Waals surface area contributed by atoms with Crippen molar-refractivity contribution >= 4 is 27.7 Å². The maximum Gasteiger partial charge on any atom is 0.110 e. The summed E-state index contributed by atoms with van der Waals surface area (Å²) in [6, 6.07) is 10.5. The van der Waals surface area contributed by atoms with Crippen molar-refractivity contribution in [3.05, 3.63) is 28.7 Å². The molecule has 14 heavy (non-hydrogen) atoms. The zero-order valence-electron chi connectivity index (χ0n) is 7.83. The van der Waals surface area contributed by atoms with Crippen molar-refractivity contribution < 1.29 is 0 Å². The van der Waals surface area contributed by atoms with E-state index in [0.29, 0.717) is 5.92 Å². The third-order valence-electron chi connectivity index (χ3n) is 2.53. The predicted molar refractivity (Wildman–Crippen MR) is 62.1 cm³/mol. The number of rotatable bonds is 2. The van der Waals surface area contributed by atoms with Crippen molar-refractivity contribution in [3.8, 4) is 6.07 Å². The number of thioether (sulfide) groups is 1. The van der Waals surface area contributed by atoms with E-state index in [-0.39, 0.29) is 4.75 Å². The Morgan fingerprint density at radius 2 is 2.36 bits per heavy atom. The minimum absolute atomic E-state index is 0.152. The molecule has 2 rings (SSSR count). The van der Waals surface area contributed by atoms with Crippen LogP contribution in [0, 0.1) is 17.2 Å². The average Bonchev–Trinajstić information content (AvgIpc) is 2.77. The van der Waals surface area contributed by atoms with Gasteiger partial charge in [0.15, 0.2) is 0 Å². The zero-order valence-corrected chi connectivity index (χ0v) is 10.2. The fraction of sp³-hybridized carbons (Fsp3) is 0.364. The summed E-state index contributed by atoms with van der Waals surface area (Å²) in [6.07, 6.45) is 1.01. The van der Waals surface area contributed by atoms with Gasteiger partial charge in [0.1, 0.15) is 4.75 Å². The molecule has 1 aliphatic rings. The van der Waals surface area contributed by atoms with Gasteiger partial charge in [-0.15, -0.1) is 11.8 Å². The highest BCUT2D eigenvalue weighted by molar-refractivity contribution is 9.10. The molecule has 1 fully saturated rings. The topological polar surface area (TPSA) is 23.8 Å². The van der Waals surface area contributed by atoms with Gasteiger partial charge in [-0.25, -0.2) is 0 Å². The Morgan fingerprint density at radius 3 is 2.86 bits per heavy atom. The first-order valence-corrected chi connectivity index (χ1v) is 6.13. The van der Waals surface area contributed by atoms with Crippen molar-refractivity contribution in [2.24, 2.45) is 5.92 Å². The van der Waals surface area contributed by atoms with E-state index < -0.39 is 0 Å². The van der Waals surface area contributed by atoms with Crippen LogP contribution in [0.15, 0.2) is 33.6 Å². The summed E-state index contributed by atoms with van der Waals surface area (Å²) >= 11 is 5.12. The van der Waals surface area contributed by atoms with Gasteiger partial charge in [0, 0.05) is 9.37 Å². The fourth-order valence-electron chi connectivity index (χ4n) is 1.46. The molecule has 0 saturated heterocycles. The second-order valence-electron chi connectivity index (χ2n) is 3.67. The molecule has 2 unspecified atom stereocenters. The van der Waals surface area contributed by atoms with Gasteiger partial charge in [0.05, 0.1) is 6.07 Å². The van der Waals surface area contributed by atoms with Crippen LogP contribution in [-0.4, -0.2) is 4.75 Å². The van der Waals surface area contributed by atoms with Crippen LogP contribution < -0.4 is 0 Å². The number of benzene rings is 1. The third kappa shape index (κ3) is 1.82. The van der Waals surface area contributed by atoms with Gasteiger partial charge in [-0.1, -0.05) is 28.9 Å². The molecule has 0 heterocycles. The number of nitrogens with zero attached hydrogens (tertiary/aromatic N) is 1. The number of hydrogen-bond donors (Lipinski definition) is 0. The summed E-state index contributed by atoms with van der Waals surface area (Å²) in [4.78, 5) is 1.17. The van der Waals surface area contributed by atoms with E-state index >= 15 is 0 Å². The SMILES string of the molecule is CC1CC1(C#N)Sc1cccc(Br)c1. The van der Waals surface area contributed by atoms with Crippen molar-refractivity contribution in [2.75, 3.05) is 0 Å². The molecule has 3 heteroatoms. The Morgan fingerprint density at radius 1 is 1.64 bits per heavy atom. The van der Waals surface area contributed by atoms with Crippen LogP contribution in [0.5, 0.6) is 0 Å². The zero-order chi connectivity index (χ0) is 10.2. The summed E-state index contributed by atoms with van der Waals surface area (Å²) in [5.41, 5.74) is 0. The Kier molecular flexibility index (Phi) is 2.59. The first-order valence-electron chi connectivity index (χ1n) is 4.52. The Hall–Kier alpha value is -0.460. The molecule has 0 amide bonds. The molecule has 0 aromatic heterocycles. The summed E-state index contributed by atoms with van der Waals surface area (Å²) in [5, 5.41) is 9.08. The highest BCUT2D eigenvalue weighted by atomic mass is 79.9. The quantitative estimate of drug-likeness (QED) is 0.813. The molecule has 1 aromatic rings. The van der Waals surface area contributed by atoms with Crippen LogP contribution in [0.2, 0.25) is 0 Å². The molecule has 1 aliphatic carbocycles. The average molecular weight is 268 g/mol. The van der Waals surface area contributed by atoms with Crippen LogP contribution in [-0.2, 0) is 0 Å². The van der Waals surface area contributed by atoms with E-state index in [4.69, 9.17) is 5.26 Å². The Bertz CT molecular complexity index is 399. The van der Waals surface area contributed by atoms with E-state index in [9.17, 15) is 0 Å². The molecular weight excluding hydrogens is 258 g/mol. The molecule has 72 valence electrons. The monoisotopic (exact) mass is 267 g/mol. The molecule has 1 saturated carbocycles. The molecule has 0 N–H and O–H groups in total. The van der Waals surface area contributed by atoms with E-state index in [1.54, 1.807) is 11.8 Å². The first kappa shape index (κ1) is 10.1. The van der Waals surface area contributed by atoms with Gasteiger partial charge in [0.2, 0.25) is 0 Å². The minimum atomic E-state index is -0.152. The van der Waals surface area contributed by atoms with E-state index in [1.165, 1.54) is 4.90 Å². The Balaban J connectivity index is 2.16. The second kappa shape index (κ2) is 3.60. The lowest BCUT2D eigenvalue weighted by Crippen LogP contribution is -2.00. The van der Waals surface area contributed by atoms with E-state index in [0.717, 1.165) is 10.9 Å². The Labute approximate surface area is 96.6 Å². The smallest absolute Gasteiger partial charge is 0.110 e. The minimum Gasteiger partial charge on any atom is -0.197 e. The van der Waals surface area contributed by atoms with Gasteiger partial charge in [-0.3, -0.25) is 0 Å². The molecule has 1 aromatic carbocycles. The fourth-order valence-corrected chi connectivity index (χ4v) is 3.34. The van der Waals surface area contributed by atoms with Gasteiger partial charge < -0.3 is 0 Å². The highest BCUT2D eigenvalue weighted by Gasteiger charge is 2.52. The summed E-state index contributed by atoms with van der Waals surface area (Å²) in [7, 11) is 0. The number of halogens is 1. The molecule has 0 spiro atoms. The van der Waals surface area contributed by atoms with Gasteiger partial charge in [-0.2, -0.15) is 5.26 Å². The van der Waals surface area contributed by atoms with E-state index in [2.05, 4.69) is 41.1 Å². The lowest BCUT2D eigenvalue weighted by atomic mass is 10.4. The highest BCUT2D eigenvalue weighted by Crippen LogP contribution is 2.56. The standard InChI is InChI=1S/C11H10BrNS/c1-8-6-11(8,7-13)14-10-4-2-3-9(12)5-10/h2-5,8H,6H2,1H3. The second-order valence-corrected chi connectivity index (χ2v) is 5.99. The molecule has 1 nitrogen and oxygen atoms in total. The third-order valence-corrected chi connectivity index (χ3v) is 4.54. The maximum absolute atomic E-state index is 9.08. The summed E-state index contributed by atoms with van der Waals surface area (Å²) < 4.78 is 0.921. The maximum atomic E-state index is 9.08. The number of hydrogen-bond acceptors (Lipinski definition) is 2. The molecule has 0 radical (unpaired) electrons. The lowest BCUT2D eigenvalue weighted by Gasteiger charge is -2.06. The van der Waals surface area contributed by atoms with Gasteiger partial charge in [-0.05, 0) is 30.5 Å². The van der Waals surface area contributed by atoms with Crippen molar-refractivity contribution in [1.29, 1.82) is 5.26 Å². The largest absolute Gasteiger partial charge is 0.197 e. The van der Waals surface area contributed by atoms with Crippen LogP contribution in [0.3, 0.4) is 0 Å². The van der Waals surface area contributed by atoms with Crippen LogP contribution >= 0.6 is 27.7 Å².